The van der Waals surface area contributed by atoms with E-state index in [1.807, 2.05) is 0 Å². The van der Waals surface area contributed by atoms with Crippen LogP contribution >= 0.6 is 0 Å². The molecule has 0 spiro atoms. The lowest BCUT2D eigenvalue weighted by atomic mass is 9.68. The SMILES string of the molecule is CCOC(=O)C1CC2CC(CN3CC(F)(F)C[C@H]3C(=O)OCC)CCC2C(OC(=O)[C@H](O)c2ccccc2)N1. The zero-order valence-electron chi connectivity index (χ0n) is 22.4. The molecule has 7 atom stereocenters. The van der Waals surface area contributed by atoms with Crippen molar-refractivity contribution in [3.05, 3.63) is 35.9 Å². The topological polar surface area (TPSA) is 114 Å². The molecule has 0 aromatic heterocycles. The van der Waals surface area contributed by atoms with Crippen molar-refractivity contribution >= 4 is 17.9 Å². The molecule has 2 heterocycles. The van der Waals surface area contributed by atoms with Crippen LogP contribution in [0.5, 0.6) is 0 Å². The van der Waals surface area contributed by atoms with Gasteiger partial charge in [-0.2, -0.15) is 0 Å². The fourth-order valence-electron chi connectivity index (χ4n) is 6.28. The number of hydrogen-bond donors (Lipinski definition) is 2. The number of fused-ring (bicyclic) bond motifs is 1. The van der Waals surface area contributed by atoms with Crippen LogP contribution < -0.4 is 5.32 Å². The Morgan fingerprint density at radius 2 is 1.77 bits per heavy atom. The van der Waals surface area contributed by atoms with E-state index >= 15 is 0 Å². The van der Waals surface area contributed by atoms with E-state index in [1.165, 1.54) is 4.90 Å². The van der Waals surface area contributed by atoms with Crippen LogP contribution in [0.1, 0.15) is 57.6 Å². The Labute approximate surface area is 227 Å². The van der Waals surface area contributed by atoms with Crippen LogP contribution in [0.4, 0.5) is 8.78 Å². The minimum atomic E-state index is -2.96. The van der Waals surface area contributed by atoms with Crippen LogP contribution in [0.3, 0.4) is 0 Å². The molecular weight excluding hydrogens is 514 g/mol. The van der Waals surface area contributed by atoms with Gasteiger partial charge in [-0.3, -0.25) is 19.8 Å². The van der Waals surface area contributed by atoms with Gasteiger partial charge >= 0.3 is 17.9 Å². The van der Waals surface area contributed by atoms with Crippen LogP contribution in [0.15, 0.2) is 30.3 Å². The first-order valence-electron chi connectivity index (χ1n) is 13.8. The molecule has 11 heteroatoms. The third kappa shape index (κ3) is 7.12. The molecule has 216 valence electrons. The first-order valence-corrected chi connectivity index (χ1v) is 13.8. The summed E-state index contributed by atoms with van der Waals surface area (Å²) >= 11 is 0. The maximum atomic E-state index is 14.3. The number of halogens is 2. The van der Waals surface area contributed by atoms with E-state index < -0.39 is 61.2 Å². The predicted molar refractivity (Wildman–Crippen MR) is 135 cm³/mol. The number of ether oxygens (including phenoxy) is 3. The van der Waals surface area contributed by atoms with E-state index in [4.69, 9.17) is 14.2 Å². The first-order chi connectivity index (χ1) is 18.6. The molecule has 2 aliphatic heterocycles. The Bertz CT molecular complexity index is 1010. The number of rotatable bonds is 9. The number of alkyl halides is 2. The van der Waals surface area contributed by atoms with Crippen molar-refractivity contribution in [2.24, 2.45) is 17.8 Å². The highest BCUT2D eigenvalue weighted by atomic mass is 19.3. The fraction of sp³-hybridized carbons (Fsp3) is 0.679. The van der Waals surface area contributed by atoms with Gasteiger partial charge in [0.2, 0.25) is 0 Å². The van der Waals surface area contributed by atoms with Gasteiger partial charge in [0.1, 0.15) is 12.1 Å². The zero-order valence-corrected chi connectivity index (χ0v) is 22.4. The summed E-state index contributed by atoms with van der Waals surface area (Å²) in [5.74, 6) is -5.02. The number of benzene rings is 1. The van der Waals surface area contributed by atoms with Crippen LogP contribution in [-0.2, 0) is 28.6 Å². The lowest BCUT2D eigenvalue weighted by Gasteiger charge is -2.46. The van der Waals surface area contributed by atoms with Gasteiger partial charge in [0, 0.05) is 18.9 Å². The Morgan fingerprint density at radius 1 is 1.08 bits per heavy atom. The highest BCUT2D eigenvalue weighted by molar-refractivity contribution is 5.78. The number of nitrogens with one attached hydrogen (secondary N) is 1. The Kier molecular flexibility index (Phi) is 9.56. The van der Waals surface area contributed by atoms with Crippen LogP contribution in [0.2, 0.25) is 0 Å². The molecule has 9 nitrogen and oxygen atoms in total. The molecule has 1 aromatic rings. The van der Waals surface area contributed by atoms with Crippen molar-refractivity contribution in [2.45, 2.75) is 76.3 Å². The van der Waals surface area contributed by atoms with Gasteiger partial charge in [0.25, 0.3) is 5.92 Å². The molecule has 1 aromatic carbocycles. The van der Waals surface area contributed by atoms with Crippen LogP contribution in [-0.4, -0.2) is 78.5 Å². The number of likely N-dealkylation sites (tertiary alicyclic amines) is 1. The number of aliphatic hydroxyl groups excluding tert-OH is 1. The first kappa shape index (κ1) is 29.4. The Balaban J connectivity index is 1.45. The zero-order chi connectivity index (χ0) is 28.2. The molecule has 0 radical (unpaired) electrons. The average Bonchev–Trinajstić information content (AvgIpc) is 3.22. The summed E-state index contributed by atoms with van der Waals surface area (Å²) in [6.45, 7) is 3.50. The monoisotopic (exact) mass is 552 g/mol. The summed E-state index contributed by atoms with van der Waals surface area (Å²) < 4.78 is 44.5. The van der Waals surface area contributed by atoms with Crippen LogP contribution in [0.25, 0.3) is 0 Å². The third-order valence-corrected chi connectivity index (χ3v) is 8.01. The van der Waals surface area contributed by atoms with E-state index in [9.17, 15) is 28.3 Å². The van der Waals surface area contributed by atoms with Crippen molar-refractivity contribution < 1.29 is 42.5 Å². The molecule has 2 saturated heterocycles. The molecule has 3 fully saturated rings. The van der Waals surface area contributed by atoms with E-state index in [0.717, 1.165) is 0 Å². The summed E-state index contributed by atoms with van der Waals surface area (Å²) in [6.07, 6.45) is -0.454. The van der Waals surface area contributed by atoms with Gasteiger partial charge in [0.15, 0.2) is 12.3 Å². The van der Waals surface area contributed by atoms with E-state index in [1.54, 1.807) is 44.2 Å². The van der Waals surface area contributed by atoms with Crippen LogP contribution in [0, 0.1) is 17.8 Å². The molecule has 4 rings (SSSR count). The molecule has 1 saturated carbocycles. The van der Waals surface area contributed by atoms with Crippen molar-refractivity contribution in [3.63, 3.8) is 0 Å². The number of piperidine rings is 1. The maximum Gasteiger partial charge on any atom is 0.341 e. The molecule has 0 amide bonds. The number of esters is 3. The van der Waals surface area contributed by atoms with Crippen molar-refractivity contribution in [1.29, 1.82) is 0 Å². The summed E-state index contributed by atoms with van der Waals surface area (Å²) in [4.78, 5) is 39.4. The fourth-order valence-corrected chi connectivity index (χ4v) is 6.28. The second kappa shape index (κ2) is 12.7. The Morgan fingerprint density at radius 3 is 2.46 bits per heavy atom. The summed E-state index contributed by atoms with van der Waals surface area (Å²) in [6, 6.07) is 6.76. The maximum absolute atomic E-state index is 14.3. The highest BCUT2D eigenvalue weighted by Crippen LogP contribution is 2.43. The second-order valence-electron chi connectivity index (χ2n) is 10.7. The number of nitrogens with zero attached hydrogens (tertiary/aromatic N) is 1. The lowest BCUT2D eigenvalue weighted by molar-refractivity contribution is -0.175. The third-order valence-electron chi connectivity index (χ3n) is 8.01. The van der Waals surface area contributed by atoms with E-state index in [-0.39, 0.29) is 31.0 Å². The van der Waals surface area contributed by atoms with Gasteiger partial charge in [-0.25, -0.2) is 13.6 Å². The van der Waals surface area contributed by atoms with Crippen molar-refractivity contribution in [2.75, 3.05) is 26.3 Å². The van der Waals surface area contributed by atoms with Gasteiger partial charge in [-0.05, 0) is 56.9 Å². The molecule has 0 bridgehead atoms. The number of hydrogen-bond acceptors (Lipinski definition) is 9. The summed E-state index contributed by atoms with van der Waals surface area (Å²) in [5.41, 5.74) is 0.402. The standard InChI is InChI=1S/C28H38F2N2O7/c1-3-37-25(34)21-13-19-12-17(15-32-16-28(29,30)14-22(32)26(35)38-4-2)10-11-20(19)24(31-21)39-27(36)23(33)18-8-6-5-7-9-18/h5-9,17,19-24,31,33H,3-4,10-16H2,1-2H3/t17?,19?,20?,21?,22-,23+,24?/m0/s1. The van der Waals surface area contributed by atoms with E-state index in [2.05, 4.69) is 5.32 Å². The number of carbonyl (C=O) groups excluding carboxylic acids is 3. The molecular formula is C28H38F2N2O7. The largest absolute Gasteiger partial charge is 0.465 e. The van der Waals surface area contributed by atoms with E-state index in [0.29, 0.717) is 37.8 Å². The molecule has 3 aliphatic rings. The number of carbonyl (C=O) groups is 3. The molecule has 1 aliphatic carbocycles. The molecule has 2 N–H and O–H groups in total. The smallest absolute Gasteiger partial charge is 0.341 e. The van der Waals surface area contributed by atoms with Crippen molar-refractivity contribution in [3.8, 4) is 0 Å². The summed E-state index contributed by atoms with van der Waals surface area (Å²) in [7, 11) is 0. The summed E-state index contributed by atoms with van der Waals surface area (Å²) in [5, 5.41) is 13.6. The molecule has 5 unspecified atom stereocenters. The van der Waals surface area contributed by atoms with Gasteiger partial charge in [-0.1, -0.05) is 30.3 Å². The predicted octanol–water partition coefficient (Wildman–Crippen LogP) is 2.82. The minimum absolute atomic E-state index is 0.0179. The quantitative estimate of drug-likeness (QED) is 0.353. The lowest BCUT2D eigenvalue weighted by Crippen LogP contribution is -2.58. The van der Waals surface area contributed by atoms with Crippen molar-refractivity contribution in [1.82, 2.24) is 10.2 Å². The highest BCUT2D eigenvalue weighted by Gasteiger charge is 2.51. The van der Waals surface area contributed by atoms with Gasteiger partial charge < -0.3 is 19.3 Å². The normalized spacial score (nSPS) is 31.1. The average molecular weight is 553 g/mol. The minimum Gasteiger partial charge on any atom is -0.465 e. The van der Waals surface area contributed by atoms with Gasteiger partial charge in [-0.15, -0.1) is 0 Å². The second-order valence-corrected chi connectivity index (χ2v) is 10.7. The molecule has 39 heavy (non-hydrogen) atoms. The Hall–Kier alpha value is -2.63. The number of aliphatic hydroxyl groups is 1. The van der Waals surface area contributed by atoms with Gasteiger partial charge in [0.05, 0.1) is 19.8 Å².